The van der Waals surface area contributed by atoms with Crippen molar-refractivity contribution in [3.05, 3.63) is 0 Å². The number of hydrogen-bond donors (Lipinski definition) is 4. The van der Waals surface area contributed by atoms with Gasteiger partial charge in [-0.3, -0.25) is 9.11 Å². The van der Waals surface area contributed by atoms with Crippen LogP contribution in [0.4, 0.5) is 4.79 Å². The van der Waals surface area contributed by atoms with Crippen LogP contribution in [0.15, 0.2) is 0 Å². The molecule has 11 heavy (non-hydrogen) atoms. The fourth-order valence-electron chi connectivity index (χ4n) is 0. The number of carboxylic acid groups (broad SMARTS) is 2. The van der Waals surface area contributed by atoms with Gasteiger partial charge in [-0.1, -0.05) is 0 Å². The molecule has 0 aromatic carbocycles. The van der Waals surface area contributed by atoms with E-state index in [1.54, 1.807) is 0 Å². The van der Waals surface area contributed by atoms with Crippen LogP contribution in [0.5, 0.6) is 0 Å². The first-order valence-electron chi connectivity index (χ1n) is 1.35. The van der Waals surface area contributed by atoms with Gasteiger partial charge in [0, 0.05) is 0 Å². The third-order valence-electron chi connectivity index (χ3n) is 0. The second-order valence-electron chi connectivity index (χ2n) is 0.730. The van der Waals surface area contributed by atoms with E-state index < -0.39 is 16.6 Å². The van der Waals surface area contributed by atoms with Crippen LogP contribution in [0.2, 0.25) is 0 Å². The summed E-state index contributed by atoms with van der Waals surface area (Å²) in [6.07, 6.45) is -1.83. The van der Waals surface area contributed by atoms with E-state index in [1.807, 2.05) is 0 Å². The van der Waals surface area contributed by atoms with E-state index in [0.717, 1.165) is 0 Å². The Hall–Kier alpha value is 1.48. The van der Waals surface area contributed by atoms with Crippen LogP contribution >= 0.6 is 0 Å². The van der Waals surface area contributed by atoms with E-state index >= 15 is 0 Å². The Labute approximate surface area is 119 Å². The van der Waals surface area contributed by atoms with Gasteiger partial charge in [0.25, 0.3) is 0 Å². The Morgan fingerprint density at radius 1 is 1.09 bits per heavy atom. The molecule has 0 fully saturated rings. The van der Waals surface area contributed by atoms with E-state index in [2.05, 4.69) is 0 Å². The maximum absolute atomic E-state index is 8.74. The quantitative estimate of drug-likeness (QED) is 0.292. The van der Waals surface area contributed by atoms with Gasteiger partial charge in [-0.15, -0.1) is 0 Å². The van der Waals surface area contributed by atoms with Crippen LogP contribution in [0.1, 0.15) is 0 Å². The predicted molar refractivity (Wildman–Crippen MR) is 41.9 cm³/mol. The second-order valence-corrected chi connectivity index (χ2v) is 1.63. The molecular formula is CH8BaMgO7S. The monoisotopic (exact) mass is 326 g/mol. The van der Waals surface area contributed by atoms with Gasteiger partial charge in [0.2, 0.25) is 0 Å². The van der Waals surface area contributed by atoms with E-state index in [-0.39, 0.29) is 71.9 Å². The molecule has 0 atom stereocenters. The van der Waals surface area contributed by atoms with Crippen molar-refractivity contribution in [3.8, 4) is 0 Å². The van der Waals surface area contributed by atoms with Crippen molar-refractivity contribution < 1.29 is 32.5 Å². The number of rotatable bonds is 0. The standard InChI is InChI=1S/CH2O3.Ba.Mg.H2O4S.4H/c2-1(3)4;;;1-5(2,3)4;;;;/h(H2,2,3,4);;;(H2,1,2,3,4);;;;. The van der Waals surface area contributed by atoms with Gasteiger partial charge in [-0.05, 0) is 0 Å². The third kappa shape index (κ3) is 472. The van der Waals surface area contributed by atoms with Crippen LogP contribution in [0.3, 0.4) is 0 Å². The molecule has 0 aliphatic rings. The van der Waals surface area contributed by atoms with Crippen molar-refractivity contribution in [1.82, 2.24) is 0 Å². The van der Waals surface area contributed by atoms with E-state index in [9.17, 15) is 0 Å². The summed E-state index contributed by atoms with van der Waals surface area (Å²) < 4.78 is 31.6. The minimum atomic E-state index is -4.67. The molecule has 0 radical (unpaired) electrons. The summed E-state index contributed by atoms with van der Waals surface area (Å²) in [5, 5.41) is 13.9. The Balaban J connectivity index is -0.0000000383. The van der Waals surface area contributed by atoms with Gasteiger partial charge in [0.1, 0.15) is 0 Å². The molecule has 0 aliphatic carbocycles. The van der Waals surface area contributed by atoms with Crippen molar-refractivity contribution in [2.75, 3.05) is 0 Å². The van der Waals surface area contributed by atoms with Crippen LogP contribution in [0, 0.1) is 0 Å². The molecule has 0 aliphatic heterocycles. The molecule has 0 aromatic heterocycles. The second kappa shape index (κ2) is 11.5. The molecule has 10 heteroatoms. The zero-order chi connectivity index (χ0) is 8.08. The number of carbonyl (C=O) groups is 1. The first-order valence-corrected chi connectivity index (χ1v) is 2.75. The van der Waals surface area contributed by atoms with E-state index in [0.29, 0.717) is 0 Å². The van der Waals surface area contributed by atoms with Crippen LogP contribution in [-0.4, -0.2) is 106 Å². The average Bonchev–Trinajstić information content (AvgIpc) is 1.19. The fourth-order valence-corrected chi connectivity index (χ4v) is 0. The topological polar surface area (TPSA) is 132 Å². The Kier molecular flexibility index (Phi) is 23.9. The van der Waals surface area contributed by atoms with Gasteiger partial charge in [0.15, 0.2) is 0 Å². The predicted octanol–water partition coefficient (Wildman–Crippen LogP) is -2.26. The summed E-state index contributed by atoms with van der Waals surface area (Å²) in [5.74, 6) is 0. The largest absolute Gasteiger partial charge is 0.316 e. The smallest absolute Gasteiger partial charge is 0.316 e. The summed E-state index contributed by atoms with van der Waals surface area (Å²) in [6, 6.07) is 0. The molecular weight excluding hydrogens is 318 g/mol. The normalized spacial score (nSPS) is 7.45. The molecule has 0 rings (SSSR count). The van der Waals surface area contributed by atoms with E-state index in [4.69, 9.17) is 32.5 Å². The van der Waals surface area contributed by atoms with Gasteiger partial charge in [0.05, 0.1) is 0 Å². The molecule has 0 bridgehead atoms. The molecule has 0 saturated heterocycles. The Morgan fingerprint density at radius 2 is 1.09 bits per heavy atom. The molecule has 64 valence electrons. The van der Waals surface area contributed by atoms with Crippen molar-refractivity contribution in [1.29, 1.82) is 0 Å². The van der Waals surface area contributed by atoms with Crippen LogP contribution in [-0.2, 0) is 10.4 Å². The van der Waals surface area contributed by atoms with Crippen LogP contribution in [0.25, 0.3) is 0 Å². The minimum absolute atomic E-state index is 0. The summed E-state index contributed by atoms with van der Waals surface area (Å²) in [6.45, 7) is 0. The fraction of sp³-hybridized carbons (Fsp3) is 0. The van der Waals surface area contributed by atoms with Crippen LogP contribution < -0.4 is 0 Å². The molecule has 7 nitrogen and oxygen atoms in total. The first kappa shape index (κ1) is 22.9. The third-order valence-corrected chi connectivity index (χ3v) is 0. The zero-order valence-electron chi connectivity index (χ0n) is 3.92. The molecule has 0 amide bonds. The van der Waals surface area contributed by atoms with Gasteiger partial charge < -0.3 is 10.2 Å². The first-order chi connectivity index (χ1) is 3.73. The molecule has 4 N–H and O–H groups in total. The van der Waals surface area contributed by atoms with Crippen molar-refractivity contribution in [3.63, 3.8) is 0 Å². The molecule has 0 heterocycles. The Bertz CT molecular complexity index is 161. The maximum atomic E-state index is 8.74. The SMILES string of the molecule is O=C(O)O.O=S(=O)(O)O.[BaH2].[MgH2]. The molecule has 0 saturated carbocycles. The maximum Gasteiger partial charge on any atom is 0.316 e. The number of hydrogen-bond acceptors (Lipinski definition) is 3. The molecule has 0 unspecified atom stereocenters. The van der Waals surface area contributed by atoms with Crippen molar-refractivity contribution in [2.24, 2.45) is 0 Å². The average molecular weight is 326 g/mol. The molecule has 0 spiro atoms. The van der Waals surface area contributed by atoms with Gasteiger partial charge >= 0.3 is 88.5 Å². The van der Waals surface area contributed by atoms with Gasteiger partial charge in [-0.25, -0.2) is 4.79 Å². The molecule has 0 aromatic rings. The van der Waals surface area contributed by atoms with Crippen molar-refractivity contribution >= 4 is 88.5 Å². The summed E-state index contributed by atoms with van der Waals surface area (Å²) >= 11 is 0. The summed E-state index contributed by atoms with van der Waals surface area (Å²) in [5.41, 5.74) is 0. The Morgan fingerprint density at radius 3 is 1.09 bits per heavy atom. The minimum Gasteiger partial charge on any atom is 0.316 e. The van der Waals surface area contributed by atoms with Crippen molar-refractivity contribution in [2.45, 2.75) is 0 Å². The van der Waals surface area contributed by atoms with E-state index in [1.165, 1.54) is 0 Å². The van der Waals surface area contributed by atoms with Gasteiger partial charge in [-0.2, -0.15) is 8.42 Å². The zero-order valence-corrected chi connectivity index (χ0v) is 4.74. The summed E-state index contributed by atoms with van der Waals surface area (Å²) in [7, 11) is -4.67. The summed E-state index contributed by atoms with van der Waals surface area (Å²) in [4.78, 5) is 8.56.